The highest BCUT2D eigenvalue weighted by atomic mass is 14.3. The normalized spacial score (nSPS) is 11.6. The van der Waals surface area contributed by atoms with E-state index in [2.05, 4.69) is 136 Å². The molecule has 0 heteroatoms. The van der Waals surface area contributed by atoms with Crippen molar-refractivity contribution in [1.82, 2.24) is 0 Å². The van der Waals surface area contributed by atoms with E-state index >= 15 is 0 Å². The molecule has 0 saturated carbocycles. The van der Waals surface area contributed by atoms with Crippen molar-refractivity contribution < 1.29 is 0 Å². The Bertz CT molecular complexity index is 1400. The van der Waals surface area contributed by atoms with E-state index in [0.717, 1.165) is 12.8 Å². The zero-order valence-corrected chi connectivity index (χ0v) is 21.1. The molecule has 0 spiro atoms. The SMILES string of the molecule is CCCc1ccc(C(C)(C)c2ccc(-c3ccc(Cc4cccc5ccccc45)cc3)cc2)cc1. The van der Waals surface area contributed by atoms with Crippen LogP contribution in [0.3, 0.4) is 0 Å². The molecule has 0 aromatic heterocycles. The van der Waals surface area contributed by atoms with Gasteiger partial charge in [-0.15, -0.1) is 0 Å². The predicted octanol–water partition coefficient (Wildman–Crippen LogP) is 9.38. The van der Waals surface area contributed by atoms with Gasteiger partial charge in [0.1, 0.15) is 0 Å². The quantitative estimate of drug-likeness (QED) is 0.230. The maximum Gasteiger partial charge on any atom is 0.0146 e. The Morgan fingerprint density at radius 2 is 1.09 bits per heavy atom. The van der Waals surface area contributed by atoms with Crippen LogP contribution in [0.4, 0.5) is 0 Å². The first kappa shape index (κ1) is 23.1. The second-order valence-electron chi connectivity index (χ2n) is 10.2. The molecule has 174 valence electrons. The Hall–Kier alpha value is -3.64. The first-order valence-electron chi connectivity index (χ1n) is 12.8. The van der Waals surface area contributed by atoms with E-state index in [1.807, 2.05) is 0 Å². The molecule has 5 aromatic rings. The van der Waals surface area contributed by atoms with Gasteiger partial charge in [0.05, 0.1) is 0 Å². The second kappa shape index (κ2) is 9.92. The smallest absolute Gasteiger partial charge is 0.0146 e. The van der Waals surface area contributed by atoms with Crippen LogP contribution in [-0.2, 0) is 18.3 Å². The summed E-state index contributed by atoms with van der Waals surface area (Å²) in [5, 5.41) is 2.65. The highest BCUT2D eigenvalue weighted by Gasteiger charge is 2.23. The molecule has 35 heavy (non-hydrogen) atoms. The van der Waals surface area contributed by atoms with Crippen LogP contribution in [0, 0.1) is 0 Å². The molecular weight excluding hydrogens is 420 g/mol. The third kappa shape index (κ3) is 4.93. The van der Waals surface area contributed by atoms with Crippen LogP contribution in [0.5, 0.6) is 0 Å². The average molecular weight is 455 g/mol. The summed E-state index contributed by atoms with van der Waals surface area (Å²) < 4.78 is 0. The topological polar surface area (TPSA) is 0 Å². The molecule has 0 aliphatic rings. The third-order valence-electron chi connectivity index (χ3n) is 7.38. The van der Waals surface area contributed by atoms with Crippen LogP contribution in [0.2, 0.25) is 0 Å². The van der Waals surface area contributed by atoms with Crippen LogP contribution < -0.4 is 0 Å². The van der Waals surface area contributed by atoms with E-state index < -0.39 is 0 Å². The molecule has 5 rings (SSSR count). The van der Waals surface area contributed by atoms with Crippen molar-refractivity contribution in [3.63, 3.8) is 0 Å². The maximum atomic E-state index is 2.32. The van der Waals surface area contributed by atoms with Gasteiger partial charge >= 0.3 is 0 Å². The van der Waals surface area contributed by atoms with Gasteiger partial charge in [-0.25, -0.2) is 0 Å². The molecule has 0 atom stereocenters. The highest BCUT2D eigenvalue weighted by molar-refractivity contribution is 5.86. The fraction of sp³-hybridized carbons (Fsp3) is 0.200. The summed E-state index contributed by atoms with van der Waals surface area (Å²) in [4.78, 5) is 0. The molecule has 0 fully saturated rings. The van der Waals surface area contributed by atoms with Crippen molar-refractivity contribution in [3.8, 4) is 11.1 Å². The van der Waals surface area contributed by atoms with Crippen LogP contribution in [0.25, 0.3) is 21.9 Å². The van der Waals surface area contributed by atoms with E-state index in [0.29, 0.717) is 0 Å². The lowest BCUT2D eigenvalue weighted by Gasteiger charge is -2.26. The van der Waals surface area contributed by atoms with Crippen molar-refractivity contribution in [2.75, 3.05) is 0 Å². The van der Waals surface area contributed by atoms with Gasteiger partial charge in [0.2, 0.25) is 0 Å². The van der Waals surface area contributed by atoms with Crippen LogP contribution >= 0.6 is 0 Å². The predicted molar refractivity (Wildman–Crippen MR) is 151 cm³/mol. The lowest BCUT2D eigenvalue weighted by molar-refractivity contribution is 0.640. The molecule has 0 nitrogen and oxygen atoms in total. The summed E-state index contributed by atoms with van der Waals surface area (Å²) in [6.45, 7) is 6.87. The van der Waals surface area contributed by atoms with Crippen molar-refractivity contribution >= 4 is 10.8 Å². The zero-order chi connectivity index (χ0) is 24.3. The van der Waals surface area contributed by atoms with Gasteiger partial charge in [-0.3, -0.25) is 0 Å². The summed E-state index contributed by atoms with van der Waals surface area (Å²) in [5.74, 6) is 0. The van der Waals surface area contributed by atoms with E-state index in [1.165, 1.54) is 56.1 Å². The van der Waals surface area contributed by atoms with Gasteiger partial charge in [0, 0.05) is 5.41 Å². The third-order valence-corrected chi connectivity index (χ3v) is 7.38. The van der Waals surface area contributed by atoms with Gasteiger partial charge in [0.15, 0.2) is 0 Å². The van der Waals surface area contributed by atoms with Gasteiger partial charge in [-0.1, -0.05) is 142 Å². The van der Waals surface area contributed by atoms with Crippen LogP contribution in [0.15, 0.2) is 115 Å². The minimum atomic E-state index is -0.0222. The van der Waals surface area contributed by atoms with Gasteiger partial charge in [-0.05, 0) is 62.6 Å². The van der Waals surface area contributed by atoms with Gasteiger partial charge in [-0.2, -0.15) is 0 Å². The molecule has 0 unspecified atom stereocenters. The Balaban J connectivity index is 1.33. The molecule has 0 aliphatic carbocycles. The van der Waals surface area contributed by atoms with Crippen LogP contribution in [0.1, 0.15) is 55.0 Å². The van der Waals surface area contributed by atoms with E-state index in [-0.39, 0.29) is 5.41 Å². The van der Waals surface area contributed by atoms with Gasteiger partial charge < -0.3 is 0 Å². The molecule has 5 aromatic carbocycles. The lowest BCUT2D eigenvalue weighted by Crippen LogP contribution is -2.18. The van der Waals surface area contributed by atoms with E-state index in [4.69, 9.17) is 0 Å². The number of aryl methyl sites for hydroxylation is 1. The highest BCUT2D eigenvalue weighted by Crippen LogP contribution is 2.33. The fourth-order valence-electron chi connectivity index (χ4n) is 5.10. The number of rotatable bonds is 7. The first-order chi connectivity index (χ1) is 17.0. The van der Waals surface area contributed by atoms with E-state index in [1.54, 1.807) is 0 Å². The molecule has 0 heterocycles. The first-order valence-corrected chi connectivity index (χ1v) is 12.8. The minimum Gasteiger partial charge on any atom is -0.0651 e. The summed E-state index contributed by atoms with van der Waals surface area (Å²) >= 11 is 0. The fourth-order valence-corrected chi connectivity index (χ4v) is 5.10. The number of fused-ring (bicyclic) bond motifs is 1. The Morgan fingerprint density at radius 1 is 0.543 bits per heavy atom. The average Bonchev–Trinajstić information content (AvgIpc) is 2.90. The molecule has 0 amide bonds. The summed E-state index contributed by atoms with van der Waals surface area (Å²) in [6, 6.07) is 42.6. The maximum absolute atomic E-state index is 2.32. The second-order valence-corrected chi connectivity index (χ2v) is 10.2. The standard InChI is InChI=1S/C35H34/c1-4-8-26-15-21-32(22-16-26)35(2,3)33-23-19-29(20-24-33)28-17-13-27(14-18-28)25-31-11-7-10-30-9-5-6-12-34(30)31/h5-7,9-24H,4,8,25H2,1-3H3. The molecule has 0 saturated heterocycles. The van der Waals surface area contributed by atoms with Crippen LogP contribution in [-0.4, -0.2) is 0 Å². The summed E-state index contributed by atoms with van der Waals surface area (Å²) in [7, 11) is 0. The number of hydrogen-bond acceptors (Lipinski definition) is 0. The number of hydrogen-bond donors (Lipinski definition) is 0. The molecular formula is C35H34. The van der Waals surface area contributed by atoms with Gasteiger partial charge in [0.25, 0.3) is 0 Å². The molecule has 0 aliphatic heterocycles. The van der Waals surface area contributed by atoms with Crippen molar-refractivity contribution in [2.45, 2.75) is 45.4 Å². The molecule has 0 radical (unpaired) electrons. The van der Waals surface area contributed by atoms with Crippen molar-refractivity contribution in [3.05, 3.63) is 143 Å². The van der Waals surface area contributed by atoms with E-state index in [9.17, 15) is 0 Å². The molecule has 0 N–H and O–H groups in total. The minimum absolute atomic E-state index is 0.0222. The van der Waals surface area contributed by atoms with Crippen molar-refractivity contribution in [1.29, 1.82) is 0 Å². The number of benzene rings is 5. The summed E-state index contributed by atoms with van der Waals surface area (Å²) in [5.41, 5.74) is 9.36. The molecule has 0 bridgehead atoms. The lowest BCUT2D eigenvalue weighted by atomic mass is 9.77. The summed E-state index contributed by atoms with van der Waals surface area (Å²) in [6.07, 6.45) is 3.29. The Kier molecular flexibility index (Phi) is 6.55. The Labute approximate surface area is 210 Å². The largest absolute Gasteiger partial charge is 0.0651 e. The van der Waals surface area contributed by atoms with Crippen molar-refractivity contribution in [2.24, 2.45) is 0 Å². The zero-order valence-electron chi connectivity index (χ0n) is 21.1. The Morgan fingerprint density at radius 3 is 1.74 bits per heavy atom. The monoisotopic (exact) mass is 454 g/mol.